The van der Waals surface area contributed by atoms with Crippen molar-refractivity contribution >= 4 is 11.3 Å². The standard InChI is InChI=1S/C8H10F3NOS/c1-4-12-5(7(2,3)13)6(14-4)8(9,10)11/h13H,1-3H3. The van der Waals surface area contributed by atoms with Gasteiger partial charge in [0.15, 0.2) is 0 Å². The average molecular weight is 225 g/mol. The Morgan fingerprint density at radius 1 is 1.29 bits per heavy atom. The first-order valence-corrected chi connectivity index (χ1v) is 4.71. The Bertz CT molecular complexity index is 306. The zero-order valence-corrected chi connectivity index (χ0v) is 8.75. The first-order valence-electron chi connectivity index (χ1n) is 3.90. The number of aliphatic hydroxyl groups is 1. The molecule has 1 rings (SSSR count). The van der Waals surface area contributed by atoms with Gasteiger partial charge in [0.25, 0.3) is 0 Å². The summed E-state index contributed by atoms with van der Waals surface area (Å²) in [6.45, 7) is 4.06. The molecular weight excluding hydrogens is 215 g/mol. The fourth-order valence-electron chi connectivity index (χ4n) is 1.03. The van der Waals surface area contributed by atoms with Crippen LogP contribution in [0.1, 0.15) is 29.4 Å². The summed E-state index contributed by atoms with van der Waals surface area (Å²) >= 11 is 0.552. The zero-order valence-electron chi connectivity index (χ0n) is 7.94. The average Bonchev–Trinajstić information content (AvgIpc) is 2.27. The van der Waals surface area contributed by atoms with Gasteiger partial charge >= 0.3 is 6.18 Å². The number of alkyl halides is 3. The van der Waals surface area contributed by atoms with E-state index in [1.165, 1.54) is 20.8 Å². The first-order chi connectivity index (χ1) is 6.12. The Kier molecular flexibility index (Phi) is 2.62. The number of nitrogens with zero attached hydrogens (tertiary/aromatic N) is 1. The summed E-state index contributed by atoms with van der Waals surface area (Å²) in [4.78, 5) is 2.88. The van der Waals surface area contributed by atoms with E-state index in [0.717, 1.165) is 0 Å². The van der Waals surface area contributed by atoms with Crippen molar-refractivity contribution in [3.05, 3.63) is 15.6 Å². The van der Waals surface area contributed by atoms with Crippen LogP contribution >= 0.6 is 11.3 Å². The lowest BCUT2D eigenvalue weighted by Crippen LogP contribution is -2.21. The van der Waals surface area contributed by atoms with Crippen molar-refractivity contribution in [3.63, 3.8) is 0 Å². The number of rotatable bonds is 1. The number of thiazole rings is 1. The second kappa shape index (κ2) is 3.20. The van der Waals surface area contributed by atoms with Crippen LogP contribution in [0.15, 0.2) is 0 Å². The Hall–Kier alpha value is -0.620. The van der Waals surface area contributed by atoms with Crippen molar-refractivity contribution in [1.29, 1.82) is 0 Å². The van der Waals surface area contributed by atoms with Gasteiger partial charge in [0, 0.05) is 0 Å². The molecule has 0 fully saturated rings. The van der Waals surface area contributed by atoms with Gasteiger partial charge in [-0.05, 0) is 20.8 Å². The molecule has 0 bridgehead atoms. The SMILES string of the molecule is Cc1nc(C(C)(C)O)c(C(F)(F)F)s1. The van der Waals surface area contributed by atoms with Crippen molar-refractivity contribution in [2.24, 2.45) is 0 Å². The summed E-state index contributed by atoms with van der Waals surface area (Å²) in [6.07, 6.45) is -4.44. The molecule has 0 amide bonds. The highest BCUT2D eigenvalue weighted by atomic mass is 32.1. The van der Waals surface area contributed by atoms with Gasteiger partial charge in [-0.1, -0.05) is 0 Å². The second-order valence-corrected chi connectivity index (χ2v) is 4.67. The molecule has 0 saturated carbocycles. The van der Waals surface area contributed by atoms with E-state index < -0.39 is 16.7 Å². The van der Waals surface area contributed by atoms with Crippen LogP contribution in [0.25, 0.3) is 0 Å². The van der Waals surface area contributed by atoms with Crippen LogP contribution in [0, 0.1) is 6.92 Å². The number of halogens is 3. The van der Waals surface area contributed by atoms with Crippen LogP contribution in [-0.4, -0.2) is 10.1 Å². The van der Waals surface area contributed by atoms with Crippen LogP contribution in [0.3, 0.4) is 0 Å². The minimum atomic E-state index is -4.44. The lowest BCUT2D eigenvalue weighted by Gasteiger charge is -2.17. The summed E-state index contributed by atoms with van der Waals surface area (Å²) in [5.74, 6) is 0. The van der Waals surface area contributed by atoms with Gasteiger partial charge < -0.3 is 5.11 Å². The predicted octanol–water partition coefficient (Wildman–Crippen LogP) is 2.70. The first kappa shape index (κ1) is 11.5. The van der Waals surface area contributed by atoms with Gasteiger partial charge in [-0.15, -0.1) is 11.3 Å². The van der Waals surface area contributed by atoms with Crippen LogP contribution in [0.2, 0.25) is 0 Å². The summed E-state index contributed by atoms with van der Waals surface area (Å²) < 4.78 is 37.4. The number of hydrogen-bond donors (Lipinski definition) is 1. The van der Waals surface area contributed by atoms with E-state index >= 15 is 0 Å². The number of hydrogen-bond acceptors (Lipinski definition) is 3. The Labute approximate surface area is 83.4 Å². The summed E-state index contributed by atoms with van der Waals surface area (Å²) in [6, 6.07) is 0. The van der Waals surface area contributed by atoms with Gasteiger partial charge in [0.1, 0.15) is 10.5 Å². The largest absolute Gasteiger partial charge is 0.427 e. The highest BCUT2D eigenvalue weighted by Gasteiger charge is 2.40. The molecule has 1 heterocycles. The Morgan fingerprint density at radius 3 is 2.07 bits per heavy atom. The second-order valence-electron chi connectivity index (χ2n) is 3.47. The number of aryl methyl sites for hydroxylation is 1. The molecule has 0 saturated heterocycles. The molecule has 0 atom stereocenters. The Morgan fingerprint density at radius 2 is 1.79 bits per heavy atom. The molecular formula is C8H10F3NOS. The van der Waals surface area contributed by atoms with Gasteiger partial charge in [-0.2, -0.15) is 13.2 Å². The molecule has 14 heavy (non-hydrogen) atoms. The fourth-order valence-corrected chi connectivity index (χ4v) is 1.97. The zero-order chi connectivity index (χ0) is 11.1. The third kappa shape index (κ3) is 2.24. The van der Waals surface area contributed by atoms with Crippen molar-refractivity contribution in [2.45, 2.75) is 32.5 Å². The predicted molar refractivity (Wildman–Crippen MR) is 47.1 cm³/mol. The third-order valence-electron chi connectivity index (χ3n) is 1.57. The van der Waals surface area contributed by atoms with E-state index in [9.17, 15) is 18.3 Å². The minimum Gasteiger partial charge on any atom is -0.384 e. The molecule has 1 aromatic rings. The van der Waals surface area contributed by atoms with Gasteiger partial charge in [-0.3, -0.25) is 0 Å². The molecule has 0 radical (unpaired) electrons. The number of aromatic nitrogens is 1. The Balaban J connectivity index is 3.31. The van der Waals surface area contributed by atoms with Crippen molar-refractivity contribution < 1.29 is 18.3 Å². The van der Waals surface area contributed by atoms with Crippen LogP contribution in [-0.2, 0) is 11.8 Å². The summed E-state index contributed by atoms with van der Waals surface area (Å²) in [5, 5.41) is 9.79. The maximum absolute atomic E-state index is 12.5. The smallest absolute Gasteiger partial charge is 0.384 e. The van der Waals surface area contributed by atoms with E-state index in [4.69, 9.17) is 0 Å². The van der Waals surface area contributed by atoms with E-state index in [2.05, 4.69) is 4.98 Å². The lowest BCUT2D eigenvalue weighted by atomic mass is 10.0. The van der Waals surface area contributed by atoms with Crippen molar-refractivity contribution in [3.8, 4) is 0 Å². The van der Waals surface area contributed by atoms with Crippen molar-refractivity contribution in [1.82, 2.24) is 4.98 Å². The molecule has 0 aliphatic rings. The molecule has 80 valence electrons. The minimum absolute atomic E-state index is 0.299. The highest BCUT2D eigenvalue weighted by molar-refractivity contribution is 7.11. The van der Waals surface area contributed by atoms with E-state index in [0.29, 0.717) is 16.3 Å². The normalized spacial score (nSPS) is 13.4. The molecule has 6 heteroatoms. The molecule has 0 aromatic carbocycles. The van der Waals surface area contributed by atoms with E-state index in [-0.39, 0.29) is 5.69 Å². The van der Waals surface area contributed by atoms with Gasteiger partial charge in [0.05, 0.1) is 10.7 Å². The van der Waals surface area contributed by atoms with E-state index in [1.54, 1.807) is 0 Å². The molecule has 0 unspecified atom stereocenters. The monoisotopic (exact) mass is 225 g/mol. The van der Waals surface area contributed by atoms with Crippen LogP contribution in [0.5, 0.6) is 0 Å². The summed E-state index contributed by atoms with van der Waals surface area (Å²) in [7, 11) is 0. The summed E-state index contributed by atoms with van der Waals surface area (Å²) in [5.41, 5.74) is -1.86. The molecule has 1 N–H and O–H groups in total. The topological polar surface area (TPSA) is 33.1 Å². The van der Waals surface area contributed by atoms with Crippen LogP contribution < -0.4 is 0 Å². The van der Waals surface area contributed by atoms with Gasteiger partial charge in [-0.25, -0.2) is 4.98 Å². The van der Waals surface area contributed by atoms with Crippen molar-refractivity contribution in [2.75, 3.05) is 0 Å². The molecule has 0 spiro atoms. The maximum Gasteiger partial charge on any atom is 0.427 e. The molecule has 1 aromatic heterocycles. The van der Waals surface area contributed by atoms with Gasteiger partial charge in [0.2, 0.25) is 0 Å². The fraction of sp³-hybridized carbons (Fsp3) is 0.625. The maximum atomic E-state index is 12.5. The molecule has 2 nitrogen and oxygen atoms in total. The molecule has 0 aliphatic heterocycles. The quantitative estimate of drug-likeness (QED) is 0.797. The van der Waals surface area contributed by atoms with Crippen LogP contribution in [0.4, 0.5) is 13.2 Å². The third-order valence-corrected chi connectivity index (χ3v) is 2.59. The molecule has 0 aliphatic carbocycles. The van der Waals surface area contributed by atoms with E-state index in [1.807, 2.05) is 0 Å². The highest BCUT2D eigenvalue weighted by Crippen LogP contribution is 2.39. The lowest BCUT2D eigenvalue weighted by molar-refractivity contribution is -0.137.